The molecule has 4 nitrogen and oxygen atoms in total. The van der Waals surface area contributed by atoms with E-state index in [2.05, 4.69) is 37.9 Å². The molecule has 94 valence electrons. The Bertz CT molecular complexity index is 349. The summed E-state index contributed by atoms with van der Waals surface area (Å²) < 4.78 is 1.03. The third kappa shape index (κ3) is 3.51. The summed E-state index contributed by atoms with van der Waals surface area (Å²) in [5.74, 6) is 0.656. The number of aliphatic hydroxyl groups is 1. The minimum Gasteiger partial charge on any atom is -0.396 e. The molecule has 2 rings (SSSR count). The van der Waals surface area contributed by atoms with Crippen LogP contribution in [0.5, 0.6) is 0 Å². The molecule has 0 aromatic carbocycles. The normalized spacial score (nSPS) is 18.9. The van der Waals surface area contributed by atoms with E-state index in [0.717, 1.165) is 23.0 Å². The first-order valence-corrected chi connectivity index (χ1v) is 7.14. The van der Waals surface area contributed by atoms with E-state index in [1.807, 2.05) is 0 Å². The highest BCUT2D eigenvalue weighted by Gasteiger charge is 2.31. The Morgan fingerprint density at radius 1 is 1.24 bits per heavy atom. The first kappa shape index (κ1) is 13.0. The van der Waals surface area contributed by atoms with E-state index in [9.17, 15) is 5.11 Å². The molecule has 0 aliphatic heterocycles. The first-order valence-electron chi connectivity index (χ1n) is 6.06. The van der Waals surface area contributed by atoms with Crippen molar-refractivity contribution in [3.05, 3.63) is 16.0 Å². The van der Waals surface area contributed by atoms with Crippen LogP contribution in [0.2, 0.25) is 0 Å². The monoisotopic (exact) mass is 347 g/mol. The van der Waals surface area contributed by atoms with Crippen molar-refractivity contribution in [2.75, 3.05) is 18.5 Å². The van der Waals surface area contributed by atoms with Gasteiger partial charge in [-0.1, -0.05) is 19.3 Å². The molecule has 0 spiro atoms. The van der Waals surface area contributed by atoms with Crippen LogP contribution in [0.25, 0.3) is 0 Å². The van der Waals surface area contributed by atoms with Gasteiger partial charge in [0.25, 0.3) is 0 Å². The molecule has 2 N–H and O–H groups in total. The van der Waals surface area contributed by atoms with Crippen molar-refractivity contribution < 1.29 is 5.11 Å². The number of aliphatic hydroxyl groups excluding tert-OH is 1. The Balaban J connectivity index is 1.93. The molecule has 1 aromatic rings. The van der Waals surface area contributed by atoms with E-state index >= 15 is 0 Å². The van der Waals surface area contributed by atoms with Gasteiger partial charge < -0.3 is 10.4 Å². The second-order valence-corrected chi connectivity index (χ2v) is 6.04. The third-order valence-corrected chi connectivity index (χ3v) is 4.05. The number of hydrogen-bond donors (Lipinski definition) is 2. The van der Waals surface area contributed by atoms with Gasteiger partial charge in [0.1, 0.15) is 0 Å². The van der Waals surface area contributed by atoms with Crippen molar-refractivity contribution >= 4 is 28.5 Å². The van der Waals surface area contributed by atoms with Crippen molar-refractivity contribution in [2.24, 2.45) is 5.41 Å². The molecular formula is C12H18IN3O. The van der Waals surface area contributed by atoms with Gasteiger partial charge in [0.05, 0.1) is 6.61 Å². The van der Waals surface area contributed by atoms with Crippen LogP contribution in [0.1, 0.15) is 32.1 Å². The van der Waals surface area contributed by atoms with Crippen molar-refractivity contribution in [3.8, 4) is 0 Å². The van der Waals surface area contributed by atoms with Crippen molar-refractivity contribution in [1.82, 2.24) is 9.97 Å². The minimum atomic E-state index is 0.0323. The highest BCUT2D eigenvalue weighted by Crippen LogP contribution is 2.35. The molecule has 0 amide bonds. The van der Waals surface area contributed by atoms with Crippen LogP contribution in [0.3, 0.4) is 0 Å². The summed E-state index contributed by atoms with van der Waals surface area (Å²) >= 11 is 2.19. The zero-order chi connectivity index (χ0) is 12.1. The number of nitrogens with zero attached hydrogens (tertiary/aromatic N) is 2. The SMILES string of the molecule is OCC1(CNc2ncc(I)cn2)CCCCC1. The smallest absolute Gasteiger partial charge is 0.222 e. The molecule has 0 bridgehead atoms. The lowest BCUT2D eigenvalue weighted by molar-refractivity contribution is 0.0942. The second kappa shape index (κ2) is 5.95. The largest absolute Gasteiger partial charge is 0.396 e. The van der Waals surface area contributed by atoms with E-state index in [0.29, 0.717) is 5.95 Å². The molecule has 1 aromatic heterocycles. The molecule has 1 saturated carbocycles. The van der Waals surface area contributed by atoms with Gasteiger partial charge in [-0.25, -0.2) is 9.97 Å². The average molecular weight is 347 g/mol. The highest BCUT2D eigenvalue weighted by atomic mass is 127. The Hall–Kier alpha value is -0.430. The molecule has 0 radical (unpaired) electrons. The lowest BCUT2D eigenvalue weighted by atomic mass is 9.74. The van der Waals surface area contributed by atoms with Crippen molar-refractivity contribution in [2.45, 2.75) is 32.1 Å². The van der Waals surface area contributed by atoms with E-state index < -0.39 is 0 Å². The molecule has 5 heteroatoms. The zero-order valence-corrected chi connectivity index (χ0v) is 12.0. The van der Waals surface area contributed by atoms with Gasteiger partial charge in [-0.15, -0.1) is 0 Å². The van der Waals surface area contributed by atoms with Gasteiger partial charge in [-0.05, 0) is 35.4 Å². The standard InChI is InChI=1S/C12H18IN3O/c13-10-6-14-11(15-7-10)16-8-12(9-17)4-2-1-3-5-12/h6-7,17H,1-5,8-9H2,(H,14,15,16). The van der Waals surface area contributed by atoms with Crippen LogP contribution < -0.4 is 5.32 Å². The Morgan fingerprint density at radius 3 is 2.47 bits per heavy atom. The van der Waals surface area contributed by atoms with E-state index in [1.54, 1.807) is 12.4 Å². The van der Waals surface area contributed by atoms with Crippen LogP contribution >= 0.6 is 22.6 Å². The molecule has 1 heterocycles. The van der Waals surface area contributed by atoms with Crippen molar-refractivity contribution in [3.63, 3.8) is 0 Å². The van der Waals surface area contributed by atoms with Gasteiger partial charge in [-0.2, -0.15) is 0 Å². The summed E-state index contributed by atoms with van der Waals surface area (Å²) in [6, 6.07) is 0. The Labute approximate surface area is 115 Å². The van der Waals surface area contributed by atoms with Gasteiger partial charge in [-0.3, -0.25) is 0 Å². The fourth-order valence-electron chi connectivity index (χ4n) is 2.36. The number of hydrogen-bond acceptors (Lipinski definition) is 4. The Kier molecular flexibility index (Phi) is 4.55. The average Bonchev–Trinajstić information content (AvgIpc) is 2.39. The number of rotatable bonds is 4. The summed E-state index contributed by atoms with van der Waals surface area (Å²) in [6.07, 6.45) is 9.51. The summed E-state index contributed by atoms with van der Waals surface area (Å²) in [7, 11) is 0. The summed E-state index contributed by atoms with van der Waals surface area (Å²) in [5, 5.41) is 12.8. The molecule has 0 saturated heterocycles. The van der Waals surface area contributed by atoms with Crippen LogP contribution in [0.15, 0.2) is 12.4 Å². The van der Waals surface area contributed by atoms with Gasteiger partial charge >= 0.3 is 0 Å². The van der Waals surface area contributed by atoms with Gasteiger partial charge in [0.2, 0.25) is 5.95 Å². The Morgan fingerprint density at radius 2 is 1.88 bits per heavy atom. The minimum absolute atomic E-state index is 0.0323. The predicted octanol–water partition coefficient (Wildman–Crippen LogP) is 2.44. The topological polar surface area (TPSA) is 58.0 Å². The molecule has 0 atom stereocenters. The van der Waals surface area contributed by atoms with E-state index in [4.69, 9.17) is 0 Å². The fourth-order valence-corrected chi connectivity index (χ4v) is 2.64. The van der Waals surface area contributed by atoms with Crippen LogP contribution in [-0.2, 0) is 0 Å². The summed E-state index contributed by atoms with van der Waals surface area (Å²) in [4.78, 5) is 8.43. The van der Waals surface area contributed by atoms with Crippen LogP contribution in [0, 0.1) is 8.99 Å². The van der Waals surface area contributed by atoms with Gasteiger partial charge in [0.15, 0.2) is 0 Å². The molecule has 17 heavy (non-hydrogen) atoms. The van der Waals surface area contributed by atoms with Crippen LogP contribution in [-0.4, -0.2) is 28.2 Å². The lowest BCUT2D eigenvalue weighted by Crippen LogP contribution is -2.35. The van der Waals surface area contributed by atoms with Crippen molar-refractivity contribution in [1.29, 1.82) is 0 Å². The molecule has 1 fully saturated rings. The quantitative estimate of drug-likeness (QED) is 0.822. The molecule has 1 aliphatic carbocycles. The maximum absolute atomic E-state index is 9.58. The summed E-state index contributed by atoms with van der Waals surface area (Å²) in [5.41, 5.74) is 0.0323. The van der Waals surface area contributed by atoms with E-state index in [1.165, 1.54) is 19.3 Å². The van der Waals surface area contributed by atoms with Gasteiger partial charge in [0, 0.05) is 27.9 Å². The van der Waals surface area contributed by atoms with E-state index in [-0.39, 0.29) is 12.0 Å². The molecule has 1 aliphatic rings. The molecule has 0 unspecified atom stereocenters. The number of aromatic nitrogens is 2. The highest BCUT2D eigenvalue weighted by molar-refractivity contribution is 14.1. The molecular weight excluding hydrogens is 329 g/mol. The number of anilines is 1. The first-order chi connectivity index (χ1) is 8.24. The third-order valence-electron chi connectivity index (χ3n) is 3.49. The summed E-state index contributed by atoms with van der Waals surface area (Å²) in [6.45, 7) is 1.02. The zero-order valence-electron chi connectivity index (χ0n) is 9.82. The lowest BCUT2D eigenvalue weighted by Gasteiger charge is -2.35. The second-order valence-electron chi connectivity index (χ2n) is 4.80. The maximum Gasteiger partial charge on any atom is 0.222 e. The number of halogens is 1. The van der Waals surface area contributed by atoms with Crippen LogP contribution in [0.4, 0.5) is 5.95 Å². The fraction of sp³-hybridized carbons (Fsp3) is 0.667. The number of nitrogens with one attached hydrogen (secondary N) is 1. The predicted molar refractivity (Wildman–Crippen MR) is 75.8 cm³/mol. The maximum atomic E-state index is 9.58.